The lowest BCUT2D eigenvalue weighted by Gasteiger charge is -2.05. The first-order valence-corrected chi connectivity index (χ1v) is 5.37. The summed E-state index contributed by atoms with van der Waals surface area (Å²) in [6.07, 6.45) is 0.578. The predicted octanol–water partition coefficient (Wildman–Crippen LogP) is 2.08. The van der Waals surface area contributed by atoms with E-state index in [2.05, 4.69) is 0 Å². The Hall–Kier alpha value is -1.77. The highest BCUT2D eigenvalue weighted by Gasteiger charge is 2.26. The summed E-state index contributed by atoms with van der Waals surface area (Å²) in [7, 11) is 0. The van der Waals surface area contributed by atoms with E-state index in [1.807, 2.05) is 37.3 Å². The molecule has 0 fully saturated rings. The van der Waals surface area contributed by atoms with Crippen LogP contribution in [0.4, 0.5) is 0 Å². The molecule has 1 heterocycles. The summed E-state index contributed by atoms with van der Waals surface area (Å²) in [5.74, 6) is 0.420. The highest BCUT2D eigenvalue weighted by Crippen LogP contribution is 2.21. The fourth-order valence-electron chi connectivity index (χ4n) is 1.65. The molecule has 1 aromatic carbocycles. The summed E-state index contributed by atoms with van der Waals surface area (Å²) in [5.41, 5.74) is 1.74. The zero-order valence-corrected chi connectivity index (χ0v) is 9.23. The third-order valence-electron chi connectivity index (χ3n) is 2.42. The van der Waals surface area contributed by atoms with Gasteiger partial charge >= 0.3 is 0 Å². The van der Waals surface area contributed by atoms with Crippen molar-refractivity contribution in [2.75, 3.05) is 13.2 Å². The smallest absolute Gasteiger partial charge is 0.287 e. The van der Waals surface area contributed by atoms with Crippen LogP contribution >= 0.6 is 0 Å². The second kappa shape index (κ2) is 4.84. The van der Waals surface area contributed by atoms with Crippen molar-refractivity contribution in [2.45, 2.75) is 13.3 Å². The van der Waals surface area contributed by atoms with Crippen molar-refractivity contribution in [3.05, 3.63) is 47.4 Å². The Morgan fingerprint density at radius 2 is 2.06 bits per heavy atom. The number of rotatable bonds is 4. The van der Waals surface area contributed by atoms with Crippen LogP contribution < -0.4 is 0 Å². The molecule has 0 spiro atoms. The van der Waals surface area contributed by atoms with Crippen LogP contribution in [-0.2, 0) is 20.7 Å². The fourth-order valence-corrected chi connectivity index (χ4v) is 1.65. The van der Waals surface area contributed by atoms with E-state index in [4.69, 9.17) is 9.47 Å². The lowest BCUT2D eigenvalue weighted by Crippen LogP contribution is -2.04. The first kappa shape index (κ1) is 10.7. The second-order valence-corrected chi connectivity index (χ2v) is 3.57. The van der Waals surface area contributed by atoms with Crippen LogP contribution in [0.15, 0.2) is 41.9 Å². The second-order valence-electron chi connectivity index (χ2n) is 3.57. The molecule has 0 aromatic heterocycles. The fraction of sp³-hybridized carbons (Fsp3) is 0.308. The van der Waals surface area contributed by atoms with Crippen LogP contribution in [0, 0.1) is 0 Å². The van der Waals surface area contributed by atoms with Gasteiger partial charge in [-0.15, -0.1) is 0 Å². The van der Waals surface area contributed by atoms with Gasteiger partial charge in [-0.2, -0.15) is 0 Å². The number of ketones is 1. The van der Waals surface area contributed by atoms with Crippen LogP contribution in [0.25, 0.3) is 0 Å². The van der Waals surface area contributed by atoms with E-state index < -0.39 is 0 Å². The molecule has 0 saturated heterocycles. The summed E-state index contributed by atoms with van der Waals surface area (Å²) >= 11 is 0. The number of hydrogen-bond acceptors (Lipinski definition) is 3. The lowest BCUT2D eigenvalue weighted by atomic mass is 10.0. The SMILES string of the molecule is CCOC1=C(Cc2ccccc2)C(=O)CO1. The number of ether oxygens (including phenoxy) is 2. The average molecular weight is 218 g/mol. The van der Waals surface area contributed by atoms with Gasteiger partial charge in [0.25, 0.3) is 5.95 Å². The molecule has 0 amide bonds. The largest absolute Gasteiger partial charge is 0.465 e. The van der Waals surface area contributed by atoms with Gasteiger partial charge in [0.1, 0.15) is 0 Å². The minimum atomic E-state index is 0.0207. The topological polar surface area (TPSA) is 35.5 Å². The normalized spacial score (nSPS) is 15.2. The zero-order chi connectivity index (χ0) is 11.4. The number of Topliss-reactive ketones (excluding diaryl/α,β-unsaturated/α-hetero) is 1. The maximum Gasteiger partial charge on any atom is 0.287 e. The Kier molecular flexibility index (Phi) is 3.25. The van der Waals surface area contributed by atoms with Crippen LogP contribution in [0.2, 0.25) is 0 Å². The van der Waals surface area contributed by atoms with E-state index in [1.54, 1.807) is 0 Å². The summed E-state index contributed by atoms with van der Waals surface area (Å²) in [4.78, 5) is 11.6. The van der Waals surface area contributed by atoms with Gasteiger partial charge in [-0.25, -0.2) is 0 Å². The average Bonchev–Trinajstić information content (AvgIpc) is 2.64. The maximum atomic E-state index is 11.6. The molecule has 0 aliphatic carbocycles. The van der Waals surface area contributed by atoms with E-state index in [0.29, 0.717) is 24.5 Å². The molecule has 3 heteroatoms. The van der Waals surface area contributed by atoms with Gasteiger partial charge in [0.2, 0.25) is 5.78 Å². The van der Waals surface area contributed by atoms with Gasteiger partial charge in [-0.05, 0) is 12.5 Å². The van der Waals surface area contributed by atoms with E-state index in [-0.39, 0.29) is 12.4 Å². The van der Waals surface area contributed by atoms with Crippen LogP contribution in [-0.4, -0.2) is 19.0 Å². The molecule has 0 N–H and O–H groups in total. The number of carbonyl (C=O) groups is 1. The van der Waals surface area contributed by atoms with Gasteiger partial charge in [-0.3, -0.25) is 4.79 Å². The van der Waals surface area contributed by atoms with Gasteiger partial charge in [0.05, 0.1) is 12.2 Å². The highest BCUT2D eigenvalue weighted by atomic mass is 16.7. The molecule has 0 saturated carbocycles. The lowest BCUT2D eigenvalue weighted by molar-refractivity contribution is -0.117. The molecule has 1 aromatic rings. The third-order valence-corrected chi connectivity index (χ3v) is 2.42. The molecule has 3 nitrogen and oxygen atoms in total. The summed E-state index contributed by atoms with van der Waals surface area (Å²) in [6, 6.07) is 9.84. The van der Waals surface area contributed by atoms with Gasteiger partial charge in [0, 0.05) is 6.42 Å². The number of carbonyl (C=O) groups excluding carboxylic acids is 1. The molecule has 16 heavy (non-hydrogen) atoms. The van der Waals surface area contributed by atoms with E-state index >= 15 is 0 Å². The van der Waals surface area contributed by atoms with Gasteiger partial charge in [0.15, 0.2) is 6.61 Å². The standard InChI is InChI=1S/C13H14O3/c1-2-15-13-11(12(14)9-16-13)8-10-6-4-3-5-7-10/h3-7H,2,8-9H2,1H3. The molecule has 0 atom stereocenters. The van der Waals surface area contributed by atoms with Crippen molar-refractivity contribution in [3.8, 4) is 0 Å². The van der Waals surface area contributed by atoms with Crippen LogP contribution in [0.1, 0.15) is 12.5 Å². The molecular formula is C13H14O3. The monoisotopic (exact) mass is 218 g/mol. The minimum absolute atomic E-state index is 0.0207. The quantitative estimate of drug-likeness (QED) is 0.776. The maximum absolute atomic E-state index is 11.6. The molecule has 1 aliphatic heterocycles. The predicted molar refractivity (Wildman–Crippen MR) is 59.8 cm³/mol. The summed E-state index contributed by atoms with van der Waals surface area (Å²) in [5, 5.41) is 0. The first-order valence-electron chi connectivity index (χ1n) is 5.37. The summed E-state index contributed by atoms with van der Waals surface area (Å²) in [6.45, 7) is 2.50. The van der Waals surface area contributed by atoms with Crippen LogP contribution in [0.5, 0.6) is 0 Å². The highest BCUT2D eigenvalue weighted by molar-refractivity contribution is 5.98. The van der Waals surface area contributed by atoms with Crippen molar-refractivity contribution < 1.29 is 14.3 Å². The third kappa shape index (κ3) is 2.24. The van der Waals surface area contributed by atoms with E-state index in [1.165, 1.54) is 0 Å². The number of hydrogen-bond donors (Lipinski definition) is 0. The van der Waals surface area contributed by atoms with Crippen molar-refractivity contribution in [1.82, 2.24) is 0 Å². The molecule has 0 unspecified atom stereocenters. The van der Waals surface area contributed by atoms with Crippen molar-refractivity contribution in [1.29, 1.82) is 0 Å². The van der Waals surface area contributed by atoms with Gasteiger partial charge in [-0.1, -0.05) is 30.3 Å². The molecule has 1 aliphatic rings. The van der Waals surface area contributed by atoms with Crippen molar-refractivity contribution in [2.24, 2.45) is 0 Å². The molecule has 0 radical (unpaired) electrons. The summed E-state index contributed by atoms with van der Waals surface area (Å²) < 4.78 is 10.5. The molecular weight excluding hydrogens is 204 g/mol. The van der Waals surface area contributed by atoms with E-state index in [9.17, 15) is 4.79 Å². The Bertz CT molecular complexity index is 406. The van der Waals surface area contributed by atoms with E-state index in [0.717, 1.165) is 5.56 Å². The Labute approximate surface area is 94.7 Å². The number of benzene rings is 1. The zero-order valence-electron chi connectivity index (χ0n) is 9.23. The minimum Gasteiger partial charge on any atom is -0.465 e. The van der Waals surface area contributed by atoms with Gasteiger partial charge < -0.3 is 9.47 Å². The Morgan fingerprint density at radius 1 is 1.31 bits per heavy atom. The van der Waals surface area contributed by atoms with Crippen molar-refractivity contribution in [3.63, 3.8) is 0 Å². The molecule has 2 rings (SSSR count). The van der Waals surface area contributed by atoms with Crippen LogP contribution in [0.3, 0.4) is 0 Å². The Morgan fingerprint density at radius 3 is 2.75 bits per heavy atom. The Balaban J connectivity index is 2.18. The first-order chi connectivity index (χ1) is 7.81. The molecule has 0 bridgehead atoms. The van der Waals surface area contributed by atoms with Crippen molar-refractivity contribution >= 4 is 5.78 Å². The molecule has 84 valence electrons.